The van der Waals surface area contributed by atoms with Crippen LogP contribution >= 0.6 is 11.3 Å². The number of rotatable bonds is 3. The fourth-order valence-corrected chi connectivity index (χ4v) is 2.92. The number of aliphatic imine (C=N–C) groups is 1. The smallest absolute Gasteiger partial charge is 0.189 e. The maximum Gasteiger partial charge on any atom is 0.189 e. The van der Waals surface area contributed by atoms with E-state index in [-0.39, 0.29) is 0 Å². The molecule has 1 heterocycles. The highest BCUT2D eigenvalue weighted by molar-refractivity contribution is 7.12. The Labute approximate surface area is 112 Å². The molecule has 0 bridgehead atoms. The van der Waals surface area contributed by atoms with E-state index in [9.17, 15) is 0 Å². The van der Waals surface area contributed by atoms with Crippen molar-refractivity contribution < 1.29 is 0 Å². The summed E-state index contributed by atoms with van der Waals surface area (Å²) in [5, 5.41) is 12.0. The summed E-state index contributed by atoms with van der Waals surface area (Å²) in [6.07, 6.45) is 6.27. The Kier molecular flexibility index (Phi) is 4.59. The van der Waals surface area contributed by atoms with E-state index in [1.807, 2.05) is 12.1 Å². The molecule has 0 amide bonds. The number of nitriles is 1. The molecule has 0 radical (unpaired) electrons. The zero-order valence-electron chi connectivity index (χ0n) is 10.4. The summed E-state index contributed by atoms with van der Waals surface area (Å²) >= 11 is 1.47. The molecule has 1 aromatic rings. The van der Waals surface area contributed by atoms with Gasteiger partial charge < -0.3 is 11.1 Å². The van der Waals surface area contributed by atoms with Crippen molar-refractivity contribution in [2.45, 2.75) is 44.7 Å². The molecule has 4 nitrogen and oxygen atoms in total. The molecule has 0 unspecified atom stereocenters. The molecule has 1 aliphatic carbocycles. The van der Waals surface area contributed by atoms with E-state index in [0.717, 1.165) is 9.75 Å². The van der Waals surface area contributed by atoms with Crippen molar-refractivity contribution in [2.75, 3.05) is 0 Å². The summed E-state index contributed by atoms with van der Waals surface area (Å²) in [6, 6.07) is 6.36. The van der Waals surface area contributed by atoms with Gasteiger partial charge in [0, 0.05) is 10.9 Å². The minimum atomic E-state index is 0.487. The predicted octanol–water partition coefficient (Wildman–Crippen LogP) is 2.36. The van der Waals surface area contributed by atoms with Gasteiger partial charge in [0.05, 0.1) is 6.54 Å². The van der Waals surface area contributed by atoms with Crippen molar-refractivity contribution >= 4 is 17.3 Å². The summed E-state index contributed by atoms with van der Waals surface area (Å²) in [4.78, 5) is 6.11. The van der Waals surface area contributed by atoms with Crippen LogP contribution in [0.5, 0.6) is 0 Å². The van der Waals surface area contributed by atoms with Crippen molar-refractivity contribution in [2.24, 2.45) is 10.7 Å². The topological polar surface area (TPSA) is 74.2 Å². The van der Waals surface area contributed by atoms with Gasteiger partial charge in [-0.25, -0.2) is 4.99 Å². The van der Waals surface area contributed by atoms with Gasteiger partial charge in [-0.1, -0.05) is 19.3 Å². The number of thiophene rings is 1. The first-order chi connectivity index (χ1) is 8.78. The highest BCUT2D eigenvalue weighted by atomic mass is 32.1. The van der Waals surface area contributed by atoms with Gasteiger partial charge in [0.1, 0.15) is 10.9 Å². The second-order valence-electron chi connectivity index (χ2n) is 4.56. The number of nitrogens with two attached hydrogens (primary N) is 1. The molecule has 0 atom stereocenters. The number of nitrogens with zero attached hydrogens (tertiary/aromatic N) is 2. The molecule has 1 aliphatic rings. The minimum absolute atomic E-state index is 0.487. The monoisotopic (exact) mass is 262 g/mol. The Balaban J connectivity index is 1.82. The van der Waals surface area contributed by atoms with E-state index in [1.54, 1.807) is 0 Å². The molecule has 5 heteroatoms. The maximum atomic E-state index is 8.73. The van der Waals surface area contributed by atoms with Gasteiger partial charge in [0.15, 0.2) is 5.96 Å². The summed E-state index contributed by atoms with van der Waals surface area (Å²) in [5.41, 5.74) is 5.87. The van der Waals surface area contributed by atoms with Crippen molar-refractivity contribution in [3.05, 3.63) is 21.9 Å². The lowest BCUT2D eigenvalue weighted by atomic mass is 9.96. The normalized spacial score (nSPS) is 17.4. The van der Waals surface area contributed by atoms with Crippen molar-refractivity contribution in [3.63, 3.8) is 0 Å². The highest BCUT2D eigenvalue weighted by Gasteiger charge is 2.13. The second-order valence-corrected chi connectivity index (χ2v) is 5.73. The lowest BCUT2D eigenvalue weighted by Gasteiger charge is -2.23. The van der Waals surface area contributed by atoms with E-state index in [4.69, 9.17) is 11.0 Å². The summed E-state index contributed by atoms with van der Waals surface area (Å²) < 4.78 is 0. The quantitative estimate of drug-likeness (QED) is 0.648. The van der Waals surface area contributed by atoms with E-state index in [0.29, 0.717) is 18.5 Å². The van der Waals surface area contributed by atoms with Crippen LogP contribution in [-0.4, -0.2) is 12.0 Å². The molecule has 0 aromatic carbocycles. The third-order valence-electron chi connectivity index (χ3n) is 3.13. The molecule has 2 rings (SSSR count). The standard InChI is InChI=1S/C13H18N4S/c14-8-11-6-7-12(18-11)9-16-13(15)17-10-4-2-1-3-5-10/h6-7,10H,1-5,9H2,(H3,15,16,17). The molecule has 96 valence electrons. The van der Waals surface area contributed by atoms with Crippen LogP contribution in [0.3, 0.4) is 0 Å². The third kappa shape index (κ3) is 3.74. The average molecular weight is 262 g/mol. The van der Waals surface area contributed by atoms with Crippen molar-refractivity contribution in [1.82, 2.24) is 5.32 Å². The van der Waals surface area contributed by atoms with Gasteiger partial charge in [0.2, 0.25) is 0 Å². The summed E-state index contributed by atoms with van der Waals surface area (Å²) in [6.45, 7) is 0.553. The summed E-state index contributed by atoms with van der Waals surface area (Å²) in [7, 11) is 0. The van der Waals surface area contributed by atoms with Crippen LogP contribution in [0, 0.1) is 11.3 Å². The van der Waals surface area contributed by atoms with E-state index in [2.05, 4.69) is 16.4 Å². The first-order valence-corrected chi connectivity index (χ1v) is 7.15. The molecular weight excluding hydrogens is 244 g/mol. The minimum Gasteiger partial charge on any atom is -0.370 e. The fraction of sp³-hybridized carbons (Fsp3) is 0.538. The molecule has 0 saturated heterocycles. The van der Waals surface area contributed by atoms with Crippen LogP contribution in [0.1, 0.15) is 41.9 Å². The third-order valence-corrected chi connectivity index (χ3v) is 4.11. The molecule has 3 N–H and O–H groups in total. The Morgan fingerprint density at radius 1 is 1.44 bits per heavy atom. The molecule has 1 aromatic heterocycles. The first kappa shape index (κ1) is 12.9. The van der Waals surface area contributed by atoms with Gasteiger partial charge in [0.25, 0.3) is 0 Å². The van der Waals surface area contributed by atoms with Gasteiger partial charge in [-0.15, -0.1) is 11.3 Å². The number of hydrogen-bond donors (Lipinski definition) is 2. The van der Waals surface area contributed by atoms with E-state index in [1.165, 1.54) is 43.4 Å². The van der Waals surface area contributed by atoms with Crippen LogP contribution < -0.4 is 11.1 Å². The van der Waals surface area contributed by atoms with Crippen LogP contribution in [0.15, 0.2) is 17.1 Å². The maximum absolute atomic E-state index is 8.73. The highest BCUT2D eigenvalue weighted by Crippen LogP contribution is 2.18. The molecule has 1 saturated carbocycles. The van der Waals surface area contributed by atoms with Gasteiger partial charge in [-0.3, -0.25) is 0 Å². The Hall–Kier alpha value is -1.54. The SMILES string of the molecule is N#Cc1ccc(CN=C(N)NC2CCCCC2)s1. The fourth-order valence-electron chi connectivity index (χ4n) is 2.19. The number of nitrogens with one attached hydrogen (secondary N) is 1. The molecule has 18 heavy (non-hydrogen) atoms. The lowest BCUT2D eigenvalue weighted by Crippen LogP contribution is -2.41. The van der Waals surface area contributed by atoms with Crippen LogP contribution in [-0.2, 0) is 6.54 Å². The Morgan fingerprint density at radius 2 is 2.22 bits per heavy atom. The van der Waals surface area contributed by atoms with E-state index >= 15 is 0 Å². The number of hydrogen-bond acceptors (Lipinski definition) is 3. The molecule has 0 aliphatic heterocycles. The van der Waals surface area contributed by atoms with E-state index < -0.39 is 0 Å². The van der Waals surface area contributed by atoms with Gasteiger partial charge in [-0.2, -0.15) is 5.26 Å². The number of guanidine groups is 1. The molecular formula is C13H18N4S. The van der Waals surface area contributed by atoms with Crippen LogP contribution in [0.2, 0.25) is 0 Å². The van der Waals surface area contributed by atoms with Gasteiger partial charge in [-0.05, 0) is 25.0 Å². The average Bonchev–Trinajstić information content (AvgIpc) is 2.85. The van der Waals surface area contributed by atoms with Gasteiger partial charge >= 0.3 is 0 Å². The second kappa shape index (κ2) is 6.41. The summed E-state index contributed by atoms with van der Waals surface area (Å²) in [5.74, 6) is 0.522. The first-order valence-electron chi connectivity index (χ1n) is 6.33. The lowest BCUT2D eigenvalue weighted by molar-refractivity contribution is 0.412. The largest absolute Gasteiger partial charge is 0.370 e. The molecule has 1 fully saturated rings. The zero-order valence-corrected chi connectivity index (χ0v) is 11.2. The van der Waals surface area contributed by atoms with Crippen molar-refractivity contribution in [3.8, 4) is 6.07 Å². The predicted molar refractivity (Wildman–Crippen MR) is 74.4 cm³/mol. The Morgan fingerprint density at radius 3 is 2.89 bits per heavy atom. The van der Waals surface area contributed by atoms with Crippen molar-refractivity contribution in [1.29, 1.82) is 5.26 Å². The Bertz CT molecular complexity index is 452. The van der Waals surface area contributed by atoms with Crippen LogP contribution in [0.4, 0.5) is 0 Å². The molecule has 0 spiro atoms. The zero-order chi connectivity index (χ0) is 12.8. The van der Waals surface area contributed by atoms with Crippen LogP contribution in [0.25, 0.3) is 0 Å².